The van der Waals surface area contributed by atoms with Crippen molar-refractivity contribution in [2.45, 2.75) is 77.4 Å². The Morgan fingerprint density at radius 1 is 1.10 bits per heavy atom. The number of carbonyl (C=O) groups is 3. The summed E-state index contributed by atoms with van der Waals surface area (Å²) in [5, 5.41) is 2.56. The van der Waals surface area contributed by atoms with Crippen molar-refractivity contribution in [3.8, 4) is 0 Å². The first-order chi connectivity index (χ1) is 13.6. The van der Waals surface area contributed by atoms with Gasteiger partial charge in [0, 0.05) is 18.7 Å². The van der Waals surface area contributed by atoms with Crippen LogP contribution in [0.2, 0.25) is 0 Å². The highest BCUT2D eigenvalue weighted by Crippen LogP contribution is 2.23. The van der Waals surface area contributed by atoms with Gasteiger partial charge in [-0.05, 0) is 42.9 Å². The lowest BCUT2D eigenvalue weighted by Gasteiger charge is -2.32. The molecule has 0 aliphatic heterocycles. The van der Waals surface area contributed by atoms with Crippen molar-refractivity contribution < 1.29 is 19.1 Å². The van der Waals surface area contributed by atoms with E-state index in [1.165, 1.54) is 6.42 Å². The predicted octanol–water partition coefficient (Wildman–Crippen LogP) is 3.44. The van der Waals surface area contributed by atoms with Crippen LogP contribution in [-0.2, 0) is 19.7 Å². The zero-order valence-electron chi connectivity index (χ0n) is 18.3. The highest BCUT2D eigenvalue weighted by Gasteiger charge is 2.27. The molecule has 0 radical (unpaired) electrons. The predicted molar refractivity (Wildman–Crippen MR) is 113 cm³/mol. The van der Waals surface area contributed by atoms with E-state index >= 15 is 0 Å². The van der Waals surface area contributed by atoms with Crippen LogP contribution in [0.1, 0.15) is 75.7 Å². The Morgan fingerprint density at radius 2 is 1.69 bits per heavy atom. The molecule has 6 heteroatoms. The molecule has 2 rings (SSSR count). The van der Waals surface area contributed by atoms with Crippen LogP contribution in [-0.4, -0.2) is 48.4 Å². The number of rotatable bonds is 6. The van der Waals surface area contributed by atoms with Crippen molar-refractivity contribution in [3.05, 3.63) is 35.4 Å². The number of amides is 2. The number of ether oxygens (including phenoxy) is 1. The molecule has 0 heterocycles. The SMILES string of the molecule is C[C@H](OC(=O)CNC(=O)c1ccc(C(C)(C)C)cc1)C(=O)N(C)C1CCCCC1. The summed E-state index contributed by atoms with van der Waals surface area (Å²) in [4.78, 5) is 38.5. The van der Waals surface area contributed by atoms with Crippen molar-refractivity contribution in [3.63, 3.8) is 0 Å². The van der Waals surface area contributed by atoms with Crippen LogP contribution >= 0.6 is 0 Å². The van der Waals surface area contributed by atoms with Gasteiger partial charge in [0.25, 0.3) is 11.8 Å². The van der Waals surface area contributed by atoms with Gasteiger partial charge >= 0.3 is 5.97 Å². The largest absolute Gasteiger partial charge is 0.451 e. The number of nitrogens with zero attached hydrogens (tertiary/aromatic N) is 1. The Balaban J connectivity index is 1.80. The van der Waals surface area contributed by atoms with E-state index < -0.39 is 12.1 Å². The highest BCUT2D eigenvalue weighted by atomic mass is 16.5. The summed E-state index contributed by atoms with van der Waals surface area (Å²) in [7, 11) is 1.77. The zero-order chi connectivity index (χ0) is 21.6. The van der Waals surface area contributed by atoms with Crippen LogP contribution in [0.3, 0.4) is 0 Å². The van der Waals surface area contributed by atoms with Crippen LogP contribution in [0.5, 0.6) is 0 Å². The fourth-order valence-corrected chi connectivity index (χ4v) is 3.60. The van der Waals surface area contributed by atoms with Gasteiger partial charge in [0.05, 0.1) is 0 Å². The molecule has 29 heavy (non-hydrogen) atoms. The lowest BCUT2D eigenvalue weighted by atomic mass is 9.87. The molecule has 2 amide bonds. The number of nitrogens with one attached hydrogen (secondary N) is 1. The van der Waals surface area contributed by atoms with Crippen molar-refractivity contribution >= 4 is 17.8 Å². The number of hydrogen-bond donors (Lipinski definition) is 1. The van der Waals surface area contributed by atoms with Gasteiger partial charge in [-0.2, -0.15) is 0 Å². The molecule has 1 N–H and O–H groups in total. The minimum Gasteiger partial charge on any atom is -0.451 e. The number of likely N-dealkylation sites (N-methyl/N-ethyl adjacent to an activating group) is 1. The number of benzene rings is 1. The summed E-state index contributed by atoms with van der Waals surface area (Å²) in [6.07, 6.45) is 4.58. The first-order valence-corrected chi connectivity index (χ1v) is 10.4. The average Bonchev–Trinajstić information content (AvgIpc) is 2.71. The molecule has 6 nitrogen and oxygen atoms in total. The van der Waals surface area contributed by atoms with E-state index in [2.05, 4.69) is 26.1 Å². The van der Waals surface area contributed by atoms with Gasteiger partial charge in [-0.25, -0.2) is 0 Å². The van der Waals surface area contributed by atoms with Gasteiger partial charge < -0.3 is 15.0 Å². The molecule has 1 aliphatic carbocycles. The summed E-state index contributed by atoms with van der Waals surface area (Å²) in [6, 6.07) is 7.52. The van der Waals surface area contributed by atoms with Crippen molar-refractivity contribution in [2.75, 3.05) is 13.6 Å². The second-order valence-electron chi connectivity index (χ2n) is 8.88. The first kappa shape index (κ1) is 22.9. The summed E-state index contributed by atoms with van der Waals surface area (Å²) >= 11 is 0. The Morgan fingerprint density at radius 3 is 2.24 bits per heavy atom. The standard InChI is InChI=1S/C23H34N2O4/c1-16(22(28)25(5)19-9-7-6-8-10-19)29-20(26)15-24-21(27)17-11-13-18(14-12-17)23(2,3)4/h11-14,16,19H,6-10,15H2,1-5H3,(H,24,27)/t16-/m0/s1. The Bertz CT molecular complexity index is 715. The van der Waals surface area contributed by atoms with Crippen LogP contribution in [0, 0.1) is 0 Å². The second-order valence-corrected chi connectivity index (χ2v) is 8.88. The second kappa shape index (κ2) is 9.90. The maximum atomic E-state index is 12.5. The van der Waals surface area contributed by atoms with Gasteiger partial charge in [-0.1, -0.05) is 52.2 Å². The van der Waals surface area contributed by atoms with Crippen molar-refractivity contribution in [1.29, 1.82) is 0 Å². The fraction of sp³-hybridized carbons (Fsp3) is 0.609. The van der Waals surface area contributed by atoms with Gasteiger partial charge in [-0.15, -0.1) is 0 Å². The van der Waals surface area contributed by atoms with Gasteiger partial charge in [0.1, 0.15) is 6.54 Å². The number of hydrogen-bond acceptors (Lipinski definition) is 4. The van der Waals surface area contributed by atoms with Gasteiger partial charge in [-0.3, -0.25) is 14.4 Å². The normalized spacial score (nSPS) is 16.0. The summed E-state index contributed by atoms with van der Waals surface area (Å²) in [5.74, 6) is -1.17. The summed E-state index contributed by atoms with van der Waals surface area (Å²) in [5.41, 5.74) is 1.61. The fourth-order valence-electron chi connectivity index (χ4n) is 3.60. The van der Waals surface area contributed by atoms with E-state index in [0.29, 0.717) is 5.56 Å². The third kappa shape index (κ3) is 6.58. The van der Waals surface area contributed by atoms with Gasteiger partial charge in [0.15, 0.2) is 6.10 Å². The lowest BCUT2D eigenvalue weighted by Crippen LogP contribution is -2.45. The molecule has 1 aliphatic rings. The molecule has 1 fully saturated rings. The minimum atomic E-state index is -0.864. The lowest BCUT2D eigenvalue weighted by molar-refractivity contribution is -0.158. The Hall–Kier alpha value is -2.37. The monoisotopic (exact) mass is 402 g/mol. The van der Waals surface area contributed by atoms with Crippen LogP contribution in [0.15, 0.2) is 24.3 Å². The minimum absolute atomic E-state index is 0.00622. The average molecular weight is 403 g/mol. The van der Waals surface area contributed by atoms with Crippen LogP contribution < -0.4 is 5.32 Å². The van der Waals surface area contributed by atoms with E-state index in [1.807, 2.05) is 12.1 Å². The Labute approximate surface area is 174 Å². The smallest absolute Gasteiger partial charge is 0.326 e. The zero-order valence-corrected chi connectivity index (χ0v) is 18.3. The molecule has 1 atom stereocenters. The summed E-state index contributed by atoms with van der Waals surface area (Å²) < 4.78 is 5.23. The molecule has 0 aromatic heterocycles. The van der Waals surface area contributed by atoms with Gasteiger partial charge in [0.2, 0.25) is 0 Å². The molecule has 0 unspecified atom stereocenters. The van der Waals surface area contributed by atoms with Crippen molar-refractivity contribution in [1.82, 2.24) is 10.2 Å². The topological polar surface area (TPSA) is 75.7 Å². The first-order valence-electron chi connectivity index (χ1n) is 10.4. The van der Waals surface area contributed by atoms with E-state index in [9.17, 15) is 14.4 Å². The molecule has 1 aromatic carbocycles. The van der Waals surface area contributed by atoms with E-state index in [1.54, 1.807) is 31.0 Å². The third-order valence-corrected chi connectivity index (χ3v) is 5.53. The quantitative estimate of drug-likeness (QED) is 0.740. The third-order valence-electron chi connectivity index (χ3n) is 5.53. The Kier molecular flexibility index (Phi) is 7.82. The van der Waals surface area contributed by atoms with E-state index in [0.717, 1.165) is 31.2 Å². The molecule has 0 spiro atoms. The molecule has 1 saturated carbocycles. The maximum Gasteiger partial charge on any atom is 0.326 e. The highest BCUT2D eigenvalue weighted by molar-refractivity contribution is 5.96. The molecule has 0 bridgehead atoms. The van der Waals surface area contributed by atoms with Crippen LogP contribution in [0.4, 0.5) is 0 Å². The molecular formula is C23H34N2O4. The number of esters is 1. The maximum absolute atomic E-state index is 12.5. The molecule has 160 valence electrons. The molecule has 0 saturated heterocycles. The van der Waals surface area contributed by atoms with Crippen LogP contribution in [0.25, 0.3) is 0 Å². The van der Waals surface area contributed by atoms with E-state index in [-0.39, 0.29) is 29.8 Å². The summed E-state index contributed by atoms with van der Waals surface area (Å²) in [6.45, 7) is 7.61. The molecular weight excluding hydrogens is 368 g/mol. The molecule has 1 aromatic rings. The number of carbonyl (C=O) groups excluding carboxylic acids is 3. The van der Waals surface area contributed by atoms with E-state index in [4.69, 9.17) is 4.74 Å². The van der Waals surface area contributed by atoms with Crippen molar-refractivity contribution in [2.24, 2.45) is 0 Å².